The minimum absolute atomic E-state index is 0.564. The lowest BCUT2D eigenvalue weighted by Crippen LogP contribution is -2.22. The Bertz CT molecular complexity index is 350. The van der Waals surface area contributed by atoms with E-state index < -0.39 is 0 Å². The van der Waals surface area contributed by atoms with Crippen LogP contribution in [0.1, 0.15) is 19.3 Å². The van der Waals surface area contributed by atoms with Crippen LogP contribution in [0, 0.1) is 0 Å². The maximum absolute atomic E-state index is 4.55. The van der Waals surface area contributed by atoms with Crippen LogP contribution in [0.4, 0.5) is 11.5 Å². The molecule has 0 bridgehead atoms. The minimum Gasteiger partial charge on any atom is -0.380 e. The highest BCUT2D eigenvalue weighted by atomic mass is 15.2. The zero-order valence-electron chi connectivity index (χ0n) is 10.2. The number of nitrogens with zero attached hydrogens (tertiary/aromatic N) is 2. The van der Waals surface area contributed by atoms with Crippen LogP contribution >= 0.6 is 0 Å². The molecule has 0 radical (unpaired) electrons. The topological polar surface area (TPSA) is 40.2 Å². The molecule has 0 aliphatic carbocycles. The first-order chi connectivity index (χ1) is 8.42. The van der Waals surface area contributed by atoms with Gasteiger partial charge in [-0.2, -0.15) is 0 Å². The van der Waals surface area contributed by atoms with Crippen LogP contribution in [-0.2, 0) is 0 Å². The Morgan fingerprint density at radius 2 is 2.18 bits per heavy atom. The average molecular weight is 232 g/mol. The van der Waals surface area contributed by atoms with E-state index in [1.165, 1.54) is 19.3 Å². The molecule has 0 spiro atoms. The lowest BCUT2D eigenvalue weighted by atomic mass is 10.2. The highest BCUT2D eigenvalue weighted by Gasteiger charge is 2.15. The van der Waals surface area contributed by atoms with Gasteiger partial charge in [-0.05, 0) is 37.9 Å². The molecule has 0 saturated carbocycles. The van der Waals surface area contributed by atoms with Crippen molar-refractivity contribution in [1.82, 2.24) is 10.3 Å². The smallest absolute Gasteiger partial charge is 0.128 e. The predicted octanol–water partition coefficient (Wildman–Crippen LogP) is 1.46. The molecule has 1 unspecified atom stereocenters. The fourth-order valence-corrected chi connectivity index (χ4v) is 2.62. The second kappa shape index (κ2) is 4.92. The number of hydrogen-bond acceptors (Lipinski definition) is 4. The number of rotatable bonds is 3. The van der Waals surface area contributed by atoms with Crippen molar-refractivity contribution in [3.05, 3.63) is 18.3 Å². The number of hydrogen-bond donors (Lipinski definition) is 2. The van der Waals surface area contributed by atoms with Crippen LogP contribution < -0.4 is 15.5 Å². The summed E-state index contributed by atoms with van der Waals surface area (Å²) in [6.07, 6.45) is 5.77. The van der Waals surface area contributed by atoms with Gasteiger partial charge in [0.2, 0.25) is 0 Å². The van der Waals surface area contributed by atoms with E-state index in [2.05, 4.69) is 32.7 Å². The van der Waals surface area contributed by atoms with E-state index in [0.29, 0.717) is 6.04 Å². The Balaban J connectivity index is 1.62. The van der Waals surface area contributed by atoms with Gasteiger partial charge in [0.25, 0.3) is 0 Å². The van der Waals surface area contributed by atoms with Gasteiger partial charge in [0.05, 0.1) is 11.9 Å². The van der Waals surface area contributed by atoms with E-state index in [0.717, 1.165) is 37.7 Å². The molecule has 1 aromatic heterocycles. The van der Waals surface area contributed by atoms with Crippen LogP contribution in [-0.4, -0.2) is 37.2 Å². The third-order valence-electron chi connectivity index (χ3n) is 3.61. The van der Waals surface area contributed by atoms with Gasteiger partial charge in [-0.1, -0.05) is 0 Å². The highest BCUT2D eigenvalue weighted by molar-refractivity contribution is 5.49. The van der Waals surface area contributed by atoms with Crippen molar-refractivity contribution < 1.29 is 0 Å². The van der Waals surface area contributed by atoms with Crippen molar-refractivity contribution in [2.75, 3.05) is 36.4 Å². The molecule has 0 amide bonds. The fraction of sp³-hybridized carbons (Fsp3) is 0.615. The van der Waals surface area contributed by atoms with Gasteiger partial charge in [-0.15, -0.1) is 0 Å². The second-order valence-electron chi connectivity index (χ2n) is 4.93. The number of aromatic nitrogens is 1. The zero-order chi connectivity index (χ0) is 11.5. The summed E-state index contributed by atoms with van der Waals surface area (Å²) in [5.41, 5.74) is 1.14. The highest BCUT2D eigenvalue weighted by Crippen LogP contribution is 2.19. The van der Waals surface area contributed by atoms with Crippen LogP contribution in [0.3, 0.4) is 0 Å². The summed E-state index contributed by atoms with van der Waals surface area (Å²) in [7, 11) is 0. The van der Waals surface area contributed by atoms with Gasteiger partial charge in [-0.25, -0.2) is 4.98 Å². The van der Waals surface area contributed by atoms with Gasteiger partial charge in [-0.3, -0.25) is 0 Å². The standard InChI is InChI=1S/C13H20N4/c1-2-8-17(7-1)13-4-3-11(10-15-13)16-12-5-6-14-9-12/h3-4,10,12,14,16H,1-2,5-9H2. The summed E-state index contributed by atoms with van der Waals surface area (Å²) in [5.74, 6) is 1.12. The van der Waals surface area contributed by atoms with Gasteiger partial charge >= 0.3 is 0 Å². The van der Waals surface area contributed by atoms with Crippen molar-refractivity contribution in [3.63, 3.8) is 0 Å². The molecule has 17 heavy (non-hydrogen) atoms. The first kappa shape index (κ1) is 10.8. The summed E-state index contributed by atoms with van der Waals surface area (Å²) in [6.45, 7) is 4.50. The molecule has 0 aromatic carbocycles. The predicted molar refractivity (Wildman–Crippen MR) is 70.6 cm³/mol. The van der Waals surface area contributed by atoms with Crippen molar-refractivity contribution in [2.45, 2.75) is 25.3 Å². The summed E-state index contributed by atoms with van der Waals surface area (Å²) >= 11 is 0. The number of pyridine rings is 1. The third-order valence-corrected chi connectivity index (χ3v) is 3.61. The normalized spacial score (nSPS) is 24.2. The van der Waals surface area contributed by atoms with Crippen LogP contribution in [0.25, 0.3) is 0 Å². The van der Waals surface area contributed by atoms with Gasteiger partial charge in [0.1, 0.15) is 5.82 Å². The Kier molecular flexibility index (Phi) is 3.14. The molecule has 4 nitrogen and oxygen atoms in total. The van der Waals surface area contributed by atoms with Gasteiger partial charge < -0.3 is 15.5 Å². The second-order valence-corrected chi connectivity index (χ2v) is 4.93. The first-order valence-electron chi connectivity index (χ1n) is 6.60. The molecule has 2 aliphatic heterocycles. The largest absolute Gasteiger partial charge is 0.380 e. The molecule has 2 aliphatic rings. The van der Waals surface area contributed by atoms with E-state index >= 15 is 0 Å². The molecule has 1 aromatic rings. The molecule has 92 valence electrons. The zero-order valence-corrected chi connectivity index (χ0v) is 10.2. The number of anilines is 2. The van der Waals surface area contributed by atoms with E-state index in [4.69, 9.17) is 0 Å². The fourth-order valence-electron chi connectivity index (χ4n) is 2.62. The summed E-state index contributed by atoms with van der Waals surface area (Å²) < 4.78 is 0. The van der Waals surface area contributed by atoms with E-state index in [1.807, 2.05) is 6.20 Å². The lowest BCUT2D eigenvalue weighted by molar-refractivity contribution is 0.792. The Morgan fingerprint density at radius 1 is 1.29 bits per heavy atom. The van der Waals surface area contributed by atoms with Crippen molar-refractivity contribution in [1.29, 1.82) is 0 Å². The number of nitrogens with one attached hydrogen (secondary N) is 2. The van der Waals surface area contributed by atoms with E-state index in [-0.39, 0.29) is 0 Å². The van der Waals surface area contributed by atoms with Crippen LogP contribution in [0.2, 0.25) is 0 Å². The van der Waals surface area contributed by atoms with Gasteiger partial charge in [0.15, 0.2) is 0 Å². The van der Waals surface area contributed by atoms with Crippen molar-refractivity contribution in [3.8, 4) is 0 Å². The third kappa shape index (κ3) is 2.52. The Morgan fingerprint density at radius 3 is 2.82 bits per heavy atom. The molecular formula is C13H20N4. The molecule has 4 heteroatoms. The quantitative estimate of drug-likeness (QED) is 0.827. The first-order valence-corrected chi connectivity index (χ1v) is 6.60. The molecule has 1 atom stereocenters. The Labute approximate surface area is 102 Å². The van der Waals surface area contributed by atoms with Gasteiger partial charge in [0, 0.05) is 25.7 Å². The molecule has 3 rings (SSSR count). The van der Waals surface area contributed by atoms with Crippen molar-refractivity contribution >= 4 is 11.5 Å². The van der Waals surface area contributed by atoms with Crippen molar-refractivity contribution in [2.24, 2.45) is 0 Å². The molecular weight excluding hydrogens is 212 g/mol. The summed E-state index contributed by atoms with van der Waals surface area (Å²) in [5, 5.41) is 6.87. The maximum atomic E-state index is 4.55. The maximum Gasteiger partial charge on any atom is 0.128 e. The van der Waals surface area contributed by atoms with Crippen LogP contribution in [0.5, 0.6) is 0 Å². The summed E-state index contributed by atoms with van der Waals surface area (Å²) in [4.78, 5) is 6.91. The average Bonchev–Trinajstić information content (AvgIpc) is 3.01. The van der Waals surface area contributed by atoms with E-state index in [1.54, 1.807) is 0 Å². The molecule has 2 fully saturated rings. The monoisotopic (exact) mass is 232 g/mol. The Hall–Kier alpha value is -1.29. The van der Waals surface area contributed by atoms with E-state index in [9.17, 15) is 0 Å². The minimum atomic E-state index is 0.564. The SMILES string of the molecule is c1cc(N2CCCC2)ncc1NC1CCNC1. The molecule has 2 N–H and O–H groups in total. The van der Waals surface area contributed by atoms with Crippen LogP contribution in [0.15, 0.2) is 18.3 Å². The molecule has 2 saturated heterocycles. The molecule has 3 heterocycles. The summed E-state index contributed by atoms with van der Waals surface area (Å²) in [6, 6.07) is 4.85. The lowest BCUT2D eigenvalue weighted by Gasteiger charge is -2.17.